The molecule has 214 valence electrons. The summed E-state index contributed by atoms with van der Waals surface area (Å²) in [5.74, 6) is 0.139. The second kappa shape index (κ2) is 12.4. The number of nitrogens with one attached hydrogen (secondary N) is 2. The van der Waals surface area contributed by atoms with Gasteiger partial charge in [-0.15, -0.1) is 0 Å². The Balaban J connectivity index is 1.26. The number of methoxy groups -OCH3 is 1. The maximum atomic E-state index is 12.4. The Morgan fingerprint density at radius 1 is 0.925 bits per heavy atom. The molecule has 16 heteroatoms. The molecule has 4 heterocycles. The lowest BCUT2D eigenvalue weighted by atomic mass is 10.3. The van der Waals surface area contributed by atoms with Gasteiger partial charge in [-0.2, -0.15) is 0 Å². The number of aromatic nitrogens is 4. The molecule has 0 radical (unpaired) electrons. The molecule has 4 unspecified atom stereocenters. The minimum Gasteiger partial charge on any atom is -0.454 e. The number of carbonyl (C=O) groups is 2. The van der Waals surface area contributed by atoms with Crippen LogP contribution in [0.1, 0.15) is 23.6 Å². The van der Waals surface area contributed by atoms with Gasteiger partial charge in [0.2, 0.25) is 0 Å². The van der Waals surface area contributed by atoms with Crippen LogP contribution in [-0.4, -0.2) is 73.7 Å². The number of thioether (sulfide) groups is 1. The zero-order valence-corrected chi connectivity index (χ0v) is 22.5. The molecule has 0 saturated heterocycles. The van der Waals surface area contributed by atoms with Crippen molar-refractivity contribution in [2.75, 3.05) is 26.0 Å². The van der Waals surface area contributed by atoms with Crippen molar-refractivity contribution in [1.29, 1.82) is 0 Å². The topological polar surface area (TPSA) is 184 Å². The summed E-state index contributed by atoms with van der Waals surface area (Å²) in [4.78, 5) is 77.7. The van der Waals surface area contributed by atoms with E-state index in [9.17, 15) is 28.8 Å². The maximum absolute atomic E-state index is 12.4. The third kappa shape index (κ3) is 6.52. The monoisotopic (exact) mass is 577 g/mol. The van der Waals surface area contributed by atoms with E-state index >= 15 is 0 Å². The SMILES string of the molecule is COC(=O)N(CCSC(=O)OCC1C=CC(n2cc(C)c(=O)[nH]c2=O)O1)C1C=CC(n2cc(C)c(=O)[nH]c2=O)O1. The van der Waals surface area contributed by atoms with Gasteiger partial charge >= 0.3 is 22.8 Å². The van der Waals surface area contributed by atoms with E-state index in [1.807, 2.05) is 0 Å². The third-order valence-electron chi connectivity index (χ3n) is 6.00. The van der Waals surface area contributed by atoms with Gasteiger partial charge in [0.1, 0.15) is 12.7 Å². The molecular formula is C24H27N5O10S. The van der Waals surface area contributed by atoms with Gasteiger partial charge in [-0.1, -0.05) is 6.08 Å². The van der Waals surface area contributed by atoms with Gasteiger partial charge in [-0.3, -0.25) is 33.6 Å². The zero-order chi connectivity index (χ0) is 29.0. The summed E-state index contributed by atoms with van der Waals surface area (Å²) in [7, 11) is 1.20. The summed E-state index contributed by atoms with van der Waals surface area (Å²) in [6, 6.07) is 0. The number of H-pyrrole nitrogens is 2. The third-order valence-corrected chi connectivity index (χ3v) is 6.74. The number of aromatic amines is 2. The largest absolute Gasteiger partial charge is 0.454 e. The predicted molar refractivity (Wildman–Crippen MR) is 141 cm³/mol. The Morgan fingerprint density at radius 3 is 2.10 bits per heavy atom. The Morgan fingerprint density at radius 2 is 1.50 bits per heavy atom. The molecule has 1 amide bonds. The first-order chi connectivity index (χ1) is 19.1. The molecule has 2 aromatic rings. The van der Waals surface area contributed by atoms with Crippen LogP contribution in [0.2, 0.25) is 0 Å². The van der Waals surface area contributed by atoms with Crippen molar-refractivity contribution in [2.45, 2.75) is 38.6 Å². The number of nitrogens with zero attached hydrogens (tertiary/aromatic N) is 3. The van der Waals surface area contributed by atoms with Gasteiger partial charge < -0.3 is 18.9 Å². The molecule has 0 spiro atoms. The molecule has 4 rings (SSSR count). The standard InChI is InChI=1S/C24H27N5O10S/c1-13-10-28(21(32)25-19(13)30)17-5-4-15(38-17)12-37-24(35)40-9-8-27(23(34)36-3)16-6-7-18(39-16)29-11-14(2)20(31)26-22(29)33/h4-7,10-11,15-18H,8-9,12H2,1-3H3,(H,25,30,32)(H,26,31,33). The van der Waals surface area contributed by atoms with Crippen LogP contribution in [-0.2, 0) is 18.9 Å². The van der Waals surface area contributed by atoms with Crippen LogP contribution < -0.4 is 22.5 Å². The Hall–Kier alpha value is -4.15. The lowest BCUT2D eigenvalue weighted by molar-refractivity contribution is -0.0572. The zero-order valence-electron chi connectivity index (χ0n) is 21.7. The molecule has 15 nitrogen and oxygen atoms in total. The second-order valence-corrected chi connectivity index (χ2v) is 9.81. The number of amides is 1. The Labute approximate surface area is 230 Å². The number of aryl methyl sites for hydroxylation is 2. The van der Waals surface area contributed by atoms with Gasteiger partial charge in [0.15, 0.2) is 18.7 Å². The normalized spacial score (nSPS) is 21.5. The highest BCUT2D eigenvalue weighted by Gasteiger charge is 2.31. The van der Waals surface area contributed by atoms with Crippen molar-refractivity contribution in [3.05, 3.63) is 89.5 Å². The van der Waals surface area contributed by atoms with Crippen LogP contribution in [0.5, 0.6) is 0 Å². The van der Waals surface area contributed by atoms with Crippen molar-refractivity contribution >= 4 is 23.2 Å². The van der Waals surface area contributed by atoms with E-state index in [2.05, 4.69) is 9.97 Å². The molecule has 0 bridgehead atoms. The summed E-state index contributed by atoms with van der Waals surface area (Å²) < 4.78 is 24.0. The average Bonchev–Trinajstić information content (AvgIpc) is 3.59. The fraction of sp³-hybridized carbons (Fsp3) is 0.417. The van der Waals surface area contributed by atoms with Crippen molar-refractivity contribution in [2.24, 2.45) is 0 Å². The highest BCUT2D eigenvalue weighted by atomic mass is 32.2. The van der Waals surface area contributed by atoms with E-state index in [0.29, 0.717) is 11.1 Å². The molecule has 2 aromatic heterocycles. The number of hydrogen-bond acceptors (Lipinski definition) is 11. The maximum Gasteiger partial charge on any atom is 0.411 e. The van der Waals surface area contributed by atoms with Gasteiger partial charge in [-0.25, -0.2) is 19.2 Å². The molecule has 2 aliphatic heterocycles. The quantitative estimate of drug-likeness (QED) is 0.329. The molecule has 40 heavy (non-hydrogen) atoms. The summed E-state index contributed by atoms with van der Waals surface area (Å²) in [5.41, 5.74) is -1.61. The summed E-state index contributed by atoms with van der Waals surface area (Å²) in [6.07, 6.45) is 5.31. The first-order valence-electron chi connectivity index (χ1n) is 12.0. The number of hydrogen-bond donors (Lipinski definition) is 2. The van der Waals surface area contributed by atoms with Crippen molar-refractivity contribution in [3.8, 4) is 0 Å². The van der Waals surface area contributed by atoms with Crippen LogP contribution in [0.3, 0.4) is 0 Å². The fourth-order valence-electron chi connectivity index (χ4n) is 3.91. The van der Waals surface area contributed by atoms with Crippen LogP contribution in [0, 0.1) is 13.8 Å². The smallest absolute Gasteiger partial charge is 0.411 e. The van der Waals surface area contributed by atoms with Gasteiger partial charge in [-0.05, 0) is 43.8 Å². The molecule has 2 N–H and O–H groups in total. The Bertz CT molecular complexity index is 1570. The van der Waals surface area contributed by atoms with Gasteiger partial charge in [0.25, 0.3) is 11.1 Å². The molecule has 0 saturated carbocycles. The fourth-order valence-corrected chi connectivity index (χ4v) is 4.52. The van der Waals surface area contributed by atoms with E-state index in [-0.39, 0.29) is 18.9 Å². The number of carbonyl (C=O) groups excluding carboxylic acids is 2. The second-order valence-electron chi connectivity index (χ2n) is 8.78. The number of rotatable bonds is 8. The van der Waals surface area contributed by atoms with Crippen molar-refractivity contribution in [1.82, 2.24) is 24.0 Å². The molecular weight excluding hydrogens is 550 g/mol. The predicted octanol–water partition coefficient (Wildman–Crippen LogP) is 0.507. The summed E-state index contributed by atoms with van der Waals surface area (Å²) in [6.45, 7) is 3.04. The van der Waals surface area contributed by atoms with E-state index in [0.717, 1.165) is 11.8 Å². The van der Waals surface area contributed by atoms with E-state index in [1.165, 1.54) is 33.5 Å². The molecule has 0 fully saturated rings. The Kier molecular flexibility index (Phi) is 8.91. The minimum absolute atomic E-state index is 0.0457. The highest BCUT2D eigenvalue weighted by Crippen LogP contribution is 2.24. The van der Waals surface area contributed by atoms with Crippen molar-refractivity contribution < 1.29 is 28.5 Å². The van der Waals surface area contributed by atoms with Crippen LogP contribution >= 0.6 is 11.8 Å². The number of ether oxygens (including phenoxy) is 4. The molecule has 2 aliphatic rings. The molecule has 4 atom stereocenters. The van der Waals surface area contributed by atoms with Crippen molar-refractivity contribution in [3.63, 3.8) is 0 Å². The van der Waals surface area contributed by atoms with E-state index in [1.54, 1.807) is 38.2 Å². The van der Waals surface area contributed by atoms with E-state index in [4.69, 9.17) is 18.9 Å². The lowest BCUT2D eigenvalue weighted by Crippen LogP contribution is -2.42. The van der Waals surface area contributed by atoms with Crippen LogP contribution in [0.25, 0.3) is 0 Å². The first-order valence-corrected chi connectivity index (χ1v) is 13.0. The van der Waals surface area contributed by atoms with Crippen LogP contribution in [0.15, 0.2) is 55.9 Å². The molecule has 0 aromatic carbocycles. The first kappa shape index (κ1) is 28.8. The minimum atomic E-state index is -0.887. The molecule has 0 aliphatic carbocycles. The van der Waals surface area contributed by atoms with Gasteiger partial charge in [0, 0.05) is 35.8 Å². The lowest BCUT2D eigenvalue weighted by Gasteiger charge is -2.27. The summed E-state index contributed by atoms with van der Waals surface area (Å²) in [5, 5.41) is -0.613. The average molecular weight is 578 g/mol. The highest BCUT2D eigenvalue weighted by molar-refractivity contribution is 8.13. The summed E-state index contributed by atoms with van der Waals surface area (Å²) >= 11 is 0.821. The van der Waals surface area contributed by atoms with E-state index < -0.39 is 58.7 Å². The van der Waals surface area contributed by atoms with Crippen LogP contribution in [0.4, 0.5) is 9.59 Å². The van der Waals surface area contributed by atoms with Gasteiger partial charge in [0.05, 0.1) is 7.11 Å².